The van der Waals surface area contributed by atoms with Crippen molar-refractivity contribution in [3.05, 3.63) is 56.5 Å². The summed E-state index contributed by atoms with van der Waals surface area (Å²) in [5, 5.41) is 3.33. The van der Waals surface area contributed by atoms with Gasteiger partial charge < -0.3 is 10.1 Å². The first-order valence-electron chi connectivity index (χ1n) is 12.0. The molecule has 2 aromatic heterocycles. The molecule has 1 fully saturated rings. The van der Waals surface area contributed by atoms with E-state index < -0.39 is 17.2 Å². The van der Waals surface area contributed by atoms with E-state index in [9.17, 15) is 19.2 Å². The molecule has 1 N–H and O–H groups in total. The summed E-state index contributed by atoms with van der Waals surface area (Å²) in [6.07, 6.45) is 5.20. The van der Waals surface area contributed by atoms with Crippen molar-refractivity contribution >= 4 is 40.4 Å². The largest absolute Gasteiger partial charge is 0.462 e. The number of hydrogen-bond acceptors (Lipinski definition) is 8. The zero-order chi connectivity index (χ0) is 25.8. The first kappa shape index (κ1) is 25.6. The number of hydrogen-bond donors (Lipinski definition) is 1. The second kappa shape index (κ2) is 11.1. The van der Waals surface area contributed by atoms with Crippen LogP contribution in [0.5, 0.6) is 0 Å². The van der Waals surface area contributed by atoms with Gasteiger partial charge in [-0.15, -0.1) is 0 Å². The number of carbonyl (C=O) groups excluding carboxylic acids is 2. The molecule has 1 aliphatic carbocycles. The van der Waals surface area contributed by atoms with Crippen molar-refractivity contribution in [2.75, 3.05) is 17.7 Å². The Balaban J connectivity index is 1.66. The van der Waals surface area contributed by atoms with Crippen LogP contribution in [0.2, 0.25) is 0 Å². The van der Waals surface area contributed by atoms with E-state index in [0.29, 0.717) is 16.5 Å². The lowest BCUT2D eigenvalue weighted by atomic mass is 9.89. The molecule has 2 heterocycles. The molecular formula is C25H29N5O5S. The van der Waals surface area contributed by atoms with E-state index in [0.717, 1.165) is 48.4 Å². The van der Waals surface area contributed by atoms with E-state index in [1.807, 2.05) is 0 Å². The number of aryl methyl sites for hydroxylation is 1. The number of nitrogens with one attached hydrogen (secondary N) is 1. The first-order valence-corrected chi connectivity index (χ1v) is 13.0. The summed E-state index contributed by atoms with van der Waals surface area (Å²) in [4.78, 5) is 60.0. The standard InChI is InChI=1S/C25H29N5O5S/c1-4-35-24(33)16-12-8-9-13-17(16)26-18(31)14-36-22-19-21(29(2)25(34)30(3)23(19)32)27-20(28-22)15-10-6-5-7-11-15/h8-9,12-13,15H,4-7,10-11,14H2,1-3H3,(H,26,31). The van der Waals surface area contributed by atoms with Crippen LogP contribution in [0, 0.1) is 0 Å². The summed E-state index contributed by atoms with van der Waals surface area (Å²) in [6, 6.07) is 6.61. The maximum Gasteiger partial charge on any atom is 0.340 e. The fourth-order valence-electron chi connectivity index (χ4n) is 4.39. The van der Waals surface area contributed by atoms with Crippen LogP contribution in [0.15, 0.2) is 38.9 Å². The predicted octanol–water partition coefficient (Wildman–Crippen LogP) is 2.98. The molecule has 1 amide bonds. The van der Waals surface area contributed by atoms with Gasteiger partial charge in [0.05, 0.1) is 23.6 Å². The minimum Gasteiger partial charge on any atom is -0.462 e. The van der Waals surface area contributed by atoms with Crippen LogP contribution in [0.3, 0.4) is 0 Å². The highest BCUT2D eigenvalue weighted by Crippen LogP contribution is 2.33. The van der Waals surface area contributed by atoms with E-state index in [1.54, 1.807) is 38.2 Å². The lowest BCUT2D eigenvalue weighted by Gasteiger charge is -2.21. The number of anilines is 1. The Hall–Kier alpha value is -3.47. The topological polar surface area (TPSA) is 125 Å². The van der Waals surface area contributed by atoms with Gasteiger partial charge in [-0.3, -0.25) is 18.7 Å². The highest BCUT2D eigenvalue weighted by atomic mass is 32.2. The minimum absolute atomic E-state index is 0.0562. The molecule has 36 heavy (non-hydrogen) atoms. The van der Waals surface area contributed by atoms with Gasteiger partial charge in [-0.25, -0.2) is 19.6 Å². The summed E-state index contributed by atoms with van der Waals surface area (Å²) in [6.45, 7) is 1.93. The van der Waals surface area contributed by atoms with Crippen molar-refractivity contribution < 1.29 is 14.3 Å². The zero-order valence-electron chi connectivity index (χ0n) is 20.6. The van der Waals surface area contributed by atoms with Crippen LogP contribution in [-0.4, -0.2) is 43.3 Å². The van der Waals surface area contributed by atoms with Gasteiger partial charge in [0, 0.05) is 20.0 Å². The molecule has 1 aromatic carbocycles. The van der Waals surface area contributed by atoms with Gasteiger partial charge >= 0.3 is 11.7 Å². The van der Waals surface area contributed by atoms with Crippen molar-refractivity contribution in [1.82, 2.24) is 19.1 Å². The average molecular weight is 512 g/mol. The summed E-state index contributed by atoms with van der Waals surface area (Å²) >= 11 is 1.11. The van der Waals surface area contributed by atoms with E-state index in [2.05, 4.69) is 10.3 Å². The smallest absolute Gasteiger partial charge is 0.340 e. The molecule has 0 aliphatic heterocycles. The molecule has 0 saturated heterocycles. The van der Waals surface area contributed by atoms with E-state index in [4.69, 9.17) is 9.72 Å². The summed E-state index contributed by atoms with van der Waals surface area (Å²) < 4.78 is 7.44. The number of para-hydroxylation sites is 1. The van der Waals surface area contributed by atoms with E-state index >= 15 is 0 Å². The highest BCUT2D eigenvalue weighted by Gasteiger charge is 2.24. The summed E-state index contributed by atoms with van der Waals surface area (Å²) in [7, 11) is 2.99. The SMILES string of the molecule is CCOC(=O)c1ccccc1NC(=O)CSc1nc(C2CCCCC2)nc2c1c(=O)n(C)c(=O)n2C. The monoisotopic (exact) mass is 511 g/mol. The molecule has 0 spiro atoms. The second-order valence-electron chi connectivity index (χ2n) is 8.73. The predicted molar refractivity (Wildman–Crippen MR) is 138 cm³/mol. The maximum absolute atomic E-state index is 13.0. The third kappa shape index (κ3) is 5.20. The van der Waals surface area contributed by atoms with Crippen LogP contribution in [-0.2, 0) is 23.6 Å². The summed E-state index contributed by atoms with van der Waals surface area (Å²) in [5.74, 6) is -0.207. The van der Waals surface area contributed by atoms with Crippen molar-refractivity contribution in [2.24, 2.45) is 14.1 Å². The molecule has 11 heteroatoms. The van der Waals surface area contributed by atoms with Gasteiger partial charge in [0.1, 0.15) is 16.2 Å². The first-order chi connectivity index (χ1) is 17.3. The Morgan fingerprint density at radius 1 is 1.08 bits per heavy atom. The molecule has 1 aliphatic rings. The van der Waals surface area contributed by atoms with E-state index in [-0.39, 0.29) is 40.8 Å². The van der Waals surface area contributed by atoms with E-state index in [1.165, 1.54) is 11.6 Å². The quantitative estimate of drug-likeness (QED) is 0.292. The molecule has 4 rings (SSSR count). The Bertz CT molecular complexity index is 1420. The highest BCUT2D eigenvalue weighted by molar-refractivity contribution is 8.00. The number of esters is 1. The minimum atomic E-state index is -0.524. The number of fused-ring (bicyclic) bond motifs is 1. The molecule has 0 bridgehead atoms. The van der Waals surface area contributed by atoms with Crippen LogP contribution in [0.25, 0.3) is 11.0 Å². The molecular weight excluding hydrogens is 482 g/mol. The molecule has 10 nitrogen and oxygen atoms in total. The van der Waals surface area contributed by atoms with Crippen molar-refractivity contribution in [1.29, 1.82) is 0 Å². The number of thioether (sulfide) groups is 1. The third-order valence-electron chi connectivity index (χ3n) is 6.29. The van der Waals surface area contributed by atoms with Gasteiger partial charge in [0.25, 0.3) is 5.56 Å². The fourth-order valence-corrected chi connectivity index (χ4v) is 5.21. The Morgan fingerprint density at radius 3 is 2.53 bits per heavy atom. The Labute approximate surface area is 212 Å². The second-order valence-corrected chi connectivity index (χ2v) is 9.69. The normalized spacial score (nSPS) is 14.1. The molecule has 190 valence electrons. The fraction of sp³-hybridized carbons (Fsp3) is 0.440. The van der Waals surface area contributed by atoms with Crippen LogP contribution >= 0.6 is 11.8 Å². The Morgan fingerprint density at radius 2 is 1.81 bits per heavy atom. The van der Waals surface area contributed by atoms with Gasteiger partial charge in [-0.05, 0) is 31.9 Å². The average Bonchev–Trinajstić information content (AvgIpc) is 2.90. The number of benzene rings is 1. The number of rotatable bonds is 7. The molecule has 0 atom stereocenters. The number of ether oxygens (including phenoxy) is 1. The third-order valence-corrected chi connectivity index (χ3v) is 7.27. The van der Waals surface area contributed by atoms with Crippen molar-refractivity contribution in [3.8, 4) is 0 Å². The van der Waals surface area contributed by atoms with Gasteiger partial charge in [-0.2, -0.15) is 0 Å². The number of aromatic nitrogens is 4. The van der Waals surface area contributed by atoms with Crippen molar-refractivity contribution in [3.63, 3.8) is 0 Å². The van der Waals surface area contributed by atoms with Crippen LogP contribution < -0.4 is 16.6 Å². The number of carbonyl (C=O) groups is 2. The lowest BCUT2D eigenvalue weighted by Crippen LogP contribution is -2.38. The molecule has 0 unspecified atom stereocenters. The molecule has 3 aromatic rings. The van der Waals surface area contributed by atoms with Gasteiger partial charge in [-0.1, -0.05) is 43.2 Å². The zero-order valence-corrected chi connectivity index (χ0v) is 21.4. The number of nitrogens with zero attached hydrogens (tertiary/aromatic N) is 4. The molecule has 1 saturated carbocycles. The van der Waals surface area contributed by atoms with Crippen LogP contribution in [0.1, 0.15) is 61.1 Å². The van der Waals surface area contributed by atoms with Crippen LogP contribution in [0.4, 0.5) is 5.69 Å². The van der Waals surface area contributed by atoms with Crippen molar-refractivity contribution in [2.45, 2.75) is 50.0 Å². The van der Waals surface area contributed by atoms with Gasteiger partial charge in [0.15, 0.2) is 5.65 Å². The Kier molecular flexibility index (Phi) is 7.88. The summed E-state index contributed by atoms with van der Waals surface area (Å²) in [5.41, 5.74) is -0.0953. The number of amides is 1. The lowest BCUT2D eigenvalue weighted by molar-refractivity contribution is -0.113. The molecule has 0 radical (unpaired) electrons. The maximum atomic E-state index is 13.0. The van der Waals surface area contributed by atoms with Gasteiger partial charge in [0.2, 0.25) is 5.91 Å².